The van der Waals surface area contributed by atoms with Gasteiger partial charge < -0.3 is 9.64 Å². The number of hydrogen-bond donors (Lipinski definition) is 0. The molecule has 0 N–H and O–H groups in total. The smallest absolute Gasteiger partial charge is 0.272 e. The summed E-state index contributed by atoms with van der Waals surface area (Å²) in [6.07, 6.45) is 6.89. The summed E-state index contributed by atoms with van der Waals surface area (Å²) >= 11 is 0. The average molecular weight is 428 g/mol. The molecule has 1 aliphatic heterocycles. The lowest BCUT2D eigenvalue weighted by atomic mass is 9.94. The van der Waals surface area contributed by atoms with Crippen molar-refractivity contribution in [1.82, 2.24) is 29.6 Å². The van der Waals surface area contributed by atoms with Crippen LogP contribution < -0.4 is 4.74 Å². The van der Waals surface area contributed by atoms with Gasteiger partial charge in [0.05, 0.1) is 12.2 Å². The van der Waals surface area contributed by atoms with Gasteiger partial charge in [-0.2, -0.15) is 5.10 Å². The van der Waals surface area contributed by atoms with Crippen LogP contribution in [0.4, 0.5) is 0 Å². The molecule has 8 nitrogen and oxygen atoms in total. The number of fused-ring (bicyclic) bond motifs is 1. The lowest BCUT2D eigenvalue weighted by Gasteiger charge is -2.31. The van der Waals surface area contributed by atoms with E-state index in [-0.39, 0.29) is 11.8 Å². The van der Waals surface area contributed by atoms with Gasteiger partial charge in [0.1, 0.15) is 23.6 Å². The second-order valence-electron chi connectivity index (χ2n) is 7.80. The molecule has 3 aromatic heterocycles. The Balaban J connectivity index is 1.35. The molecule has 0 spiro atoms. The molecule has 1 aliphatic rings. The standard InChI is InChI=1S/C24H24N6O2/c31-24(20-10-4-5-11-25-20)29-14-6-7-18(17-29)21-22-23(27-13-12-26-22)30(28-21)15-16-32-19-8-2-1-3-9-19/h1-5,8-13,18H,6-7,14-17H2/t18-/m0/s1. The third-order valence-corrected chi connectivity index (χ3v) is 5.69. The van der Waals surface area contributed by atoms with Crippen LogP contribution >= 0.6 is 0 Å². The fraction of sp³-hybridized carbons (Fsp3) is 0.292. The van der Waals surface area contributed by atoms with Crippen molar-refractivity contribution < 1.29 is 9.53 Å². The molecule has 32 heavy (non-hydrogen) atoms. The number of likely N-dealkylation sites (tertiary alicyclic amines) is 1. The predicted molar refractivity (Wildman–Crippen MR) is 119 cm³/mol. The number of carbonyl (C=O) groups excluding carboxylic acids is 1. The molecule has 0 unspecified atom stereocenters. The number of piperidine rings is 1. The molecule has 1 fully saturated rings. The number of benzene rings is 1. The summed E-state index contributed by atoms with van der Waals surface area (Å²) in [5.41, 5.74) is 2.91. The highest BCUT2D eigenvalue weighted by atomic mass is 16.5. The van der Waals surface area contributed by atoms with E-state index in [0.29, 0.717) is 25.4 Å². The molecule has 162 valence electrons. The van der Waals surface area contributed by atoms with E-state index in [2.05, 4.69) is 15.0 Å². The number of aromatic nitrogens is 5. The number of pyridine rings is 1. The van der Waals surface area contributed by atoms with E-state index in [0.717, 1.165) is 42.0 Å². The van der Waals surface area contributed by atoms with Crippen molar-refractivity contribution in [3.63, 3.8) is 0 Å². The van der Waals surface area contributed by atoms with Gasteiger partial charge in [-0.25, -0.2) is 14.6 Å². The summed E-state index contributed by atoms with van der Waals surface area (Å²) in [5.74, 6) is 0.888. The van der Waals surface area contributed by atoms with Gasteiger partial charge in [0.15, 0.2) is 5.65 Å². The largest absolute Gasteiger partial charge is 0.492 e. The molecule has 1 aromatic carbocycles. The Kier molecular flexibility index (Phi) is 5.74. The molecule has 1 atom stereocenters. The van der Waals surface area contributed by atoms with E-state index >= 15 is 0 Å². The molecule has 5 rings (SSSR count). The highest BCUT2D eigenvalue weighted by Crippen LogP contribution is 2.30. The molecular weight excluding hydrogens is 404 g/mol. The molecule has 0 saturated carbocycles. The monoisotopic (exact) mass is 428 g/mol. The second-order valence-corrected chi connectivity index (χ2v) is 7.80. The first-order valence-corrected chi connectivity index (χ1v) is 10.8. The highest BCUT2D eigenvalue weighted by Gasteiger charge is 2.30. The summed E-state index contributed by atoms with van der Waals surface area (Å²) in [7, 11) is 0. The number of carbonyl (C=O) groups is 1. The van der Waals surface area contributed by atoms with E-state index in [9.17, 15) is 4.79 Å². The van der Waals surface area contributed by atoms with Crippen molar-refractivity contribution >= 4 is 17.1 Å². The van der Waals surface area contributed by atoms with Gasteiger partial charge in [-0.05, 0) is 37.1 Å². The SMILES string of the molecule is O=C(c1ccccn1)N1CCC[C@H](c2nn(CCOc3ccccc3)c3nccnc23)C1. The first kappa shape index (κ1) is 20.1. The maximum absolute atomic E-state index is 12.9. The number of hydrogen-bond acceptors (Lipinski definition) is 6. The minimum absolute atomic E-state index is 0.0404. The maximum Gasteiger partial charge on any atom is 0.272 e. The van der Waals surface area contributed by atoms with Gasteiger partial charge in [-0.15, -0.1) is 0 Å². The van der Waals surface area contributed by atoms with Gasteiger partial charge >= 0.3 is 0 Å². The molecule has 8 heteroatoms. The lowest BCUT2D eigenvalue weighted by Crippen LogP contribution is -2.39. The van der Waals surface area contributed by atoms with Gasteiger partial charge in [0.2, 0.25) is 0 Å². The lowest BCUT2D eigenvalue weighted by molar-refractivity contribution is 0.0700. The fourth-order valence-corrected chi connectivity index (χ4v) is 4.16. The molecule has 4 heterocycles. The van der Waals surface area contributed by atoms with E-state index in [1.165, 1.54) is 0 Å². The molecule has 0 bridgehead atoms. The average Bonchev–Trinajstić information content (AvgIpc) is 3.24. The van der Waals surface area contributed by atoms with Crippen molar-refractivity contribution in [3.8, 4) is 5.75 Å². The summed E-state index contributed by atoms with van der Waals surface area (Å²) in [4.78, 5) is 28.1. The first-order chi connectivity index (χ1) is 15.8. The van der Waals surface area contributed by atoms with E-state index in [1.807, 2.05) is 52.0 Å². The summed E-state index contributed by atoms with van der Waals surface area (Å²) in [6.45, 7) is 2.36. The van der Waals surface area contributed by atoms with Crippen LogP contribution in [0, 0.1) is 0 Å². The Bertz CT molecular complexity index is 1200. The van der Waals surface area contributed by atoms with Crippen LogP contribution in [0.2, 0.25) is 0 Å². The van der Waals surface area contributed by atoms with E-state index in [1.54, 1.807) is 24.7 Å². The van der Waals surface area contributed by atoms with Crippen molar-refractivity contribution in [1.29, 1.82) is 0 Å². The second kappa shape index (κ2) is 9.13. The van der Waals surface area contributed by atoms with Crippen molar-refractivity contribution in [2.45, 2.75) is 25.3 Å². The first-order valence-electron chi connectivity index (χ1n) is 10.8. The van der Waals surface area contributed by atoms with Crippen LogP contribution in [0.3, 0.4) is 0 Å². The zero-order chi connectivity index (χ0) is 21.8. The Morgan fingerprint density at radius 3 is 2.69 bits per heavy atom. The third kappa shape index (κ3) is 4.16. The Morgan fingerprint density at radius 2 is 1.84 bits per heavy atom. The van der Waals surface area contributed by atoms with Crippen LogP contribution in [0.1, 0.15) is 34.9 Å². The van der Waals surface area contributed by atoms with Gasteiger partial charge in [0, 0.05) is 37.6 Å². The minimum atomic E-state index is -0.0404. The summed E-state index contributed by atoms with van der Waals surface area (Å²) in [6, 6.07) is 15.1. The zero-order valence-electron chi connectivity index (χ0n) is 17.7. The van der Waals surface area contributed by atoms with Crippen LogP contribution in [-0.2, 0) is 6.54 Å². The third-order valence-electron chi connectivity index (χ3n) is 5.69. The number of nitrogens with zero attached hydrogens (tertiary/aromatic N) is 6. The van der Waals surface area contributed by atoms with Gasteiger partial charge in [-0.1, -0.05) is 24.3 Å². The number of rotatable bonds is 6. The molecular formula is C24H24N6O2. The zero-order valence-corrected chi connectivity index (χ0v) is 17.7. The van der Waals surface area contributed by atoms with Crippen LogP contribution in [-0.4, -0.2) is 55.2 Å². The normalized spacial score (nSPS) is 16.2. The highest BCUT2D eigenvalue weighted by molar-refractivity contribution is 5.92. The van der Waals surface area contributed by atoms with Gasteiger partial charge in [-0.3, -0.25) is 9.78 Å². The van der Waals surface area contributed by atoms with Gasteiger partial charge in [0.25, 0.3) is 5.91 Å². The summed E-state index contributed by atoms with van der Waals surface area (Å²) < 4.78 is 7.70. The molecule has 0 radical (unpaired) electrons. The summed E-state index contributed by atoms with van der Waals surface area (Å²) in [5, 5.41) is 4.87. The quantitative estimate of drug-likeness (QED) is 0.468. The fourth-order valence-electron chi connectivity index (χ4n) is 4.16. The topological polar surface area (TPSA) is 86.0 Å². The van der Waals surface area contributed by atoms with Crippen LogP contribution in [0.5, 0.6) is 5.75 Å². The predicted octanol–water partition coefficient (Wildman–Crippen LogP) is 3.32. The van der Waals surface area contributed by atoms with Crippen molar-refractivity contribution in [2.75, 3.05) is 19.7 Å². The van der Waals surface area contributed by atoms with Crippen molar-refractivity contribution in [3.05, 3.63) is 78.5 Å². The van der Waals surface area contributed by atoms with E-state index in [4.69, 9.17) is 9.84 Å². The Morgan fingerprint density at radius 1 is 1.00 bits per heavy atom. The Labute approximate surface area is 185 Å². The molecule has 0 aliphatic carbocycles. The van der Waals surface area contributed by atoms with Crippen LogP contribution in [0.25, 0.3) is 11.2 Å². The molecule has 4 aromatic rings. The number of para-hydroxylation sites is 1. The minimum Gasteiger partial charge on any atom is -0.492 e. The van der Waals surface area contributed by atoms with Crippen LogP contribution in [0.15, 0.2) is 67.1 Å². The maximum atomic E-state index is 12.9. The van der Waals surface area contributed by atoms with Crippen molar-refractivity contribution in [2.24, 2.45) is 0 Å². The molecule has 1 amide bonds. The molecule has 1 saturated heterocycles. The number of amides is 1. The van der Waals surface area contributed by atoms with E-state index < -0.39 is 0 Å². The number of ether oxygens (including phenoxy) is 1. The Hall–Kier alpha value is -3.81.